The minimum absolute atomic E-state index is 0.0540. The van der Waals surface area contributed by atoms with Gasteiger partial charge in [0.25, 0.3) is 0 Å². The van der Waals surface area contributed by atoms with Gasteiger partial charge in [0.2, 0.25) is 0 Å². The summed E-state index contributed by atoms with van der Waals surface area (Å²) in [4.78, 5) is 18.4. The van der Waals surface area contributed by atoms with Crippen molar-refractivity contribution in [3.63, 3.8) is 0 Å². The second-order valence-electron chi connectivity index (χ2n) is 10.1. The average molecular weight is 595 g/mol. The number of piperidine rings is 1. The van der Waals surface area contributed by atoms with Gasteiger partial charge in [0.1, 0.15) is 12.4 Å². The molecule has 1 aliphatic carbocycles. The Balaban J connectivity index is 1.21. The van der Waals surface area contributed by atoms with E-state index in [0.29, 0.717) is 11.0 Å². The van der Waals surface area contributed by atoms with E-state index in [-0.39, 0.29) is 35.8 Å². The van der Waals surface area contributed by atoms with Gasteiger partial charge >= 0.3 is 6.09 Å². The summed E-state index contributed by atoms with van der Waals surface area (Å²) in [5, 5.41) is 12.4. The maximum absolute atomic E-state index is 14.9. The maximum Gasteiger partial charge on any atom is 0.408 e. The van der Waals surface area contributed by atoms with Gasteiger partial charge in [-0.1, -0.05) is 35.8 Å². The van der Waals surface area contributed by atoms with Crippen molar-refractivity contribution in [2.24, 2.45) is 0 Å². The molecule has 5 rings (SSSR count). The van der Waals surface area contributed by atoms with Gasteiger partial charge in [0.15, 0.2) is 29.2 Å². The number of likely N-dealkylation sites (tertiary alicyclic amines) is 1. The number of ether oxygens (including phenoxy) is 2. The Kier molecular flexibility index (Phi) is 10.0. The van der Waals surface area contributed by atoms with E-state index in [2.05, 4.69) is 49.4 Å². The van der Waals surface area contributed by atoms with Crippen LogP contribution in [0.25, 0.3) is 5.69 Å². The fourth-order valence-electron chi connectivity index (χ4n) is 4.70. The molecule has 0 radical (unpaired) electrons. The number of pyridine rings is 1. The van der Waals surface area contributed by atoms with Gasteiger partial charge in [-0.05, 0) is 70.4 Å². The van der Waals surface area contributed by atoms with Crippen molar-refractivity contribution in [2.45, 2.75) is 55.2 Å². The molecule has 1 aliphatic heterocycles. The number of carbonyl (C=O) groups excluding carboxylic acids is 1. The third-order valence-corrected chi connectivity index (χ3v) is 8.16. The molecule has 0 bridgehead atoms. The number of alkyl carbamates (subject to hydrolysis) is 1. The number of thioether (sulfide) groups is 1. The number of nitrogens with zero attached hydrogens (tertiary/aromatic N) is 5. The Morgan fingerprint density at radius 2 is 2.05 bits per heavy atom. The Morgan fingerprint density at radius 1 is 1.19 bits per heavy atom. The Bertz CT molecular complexity index is 1460. The molecule has 3 heterocycles. The monoisotopic (exact) mass is 594 g/mol. The number of amides is 1. The summed E-state index contributed by atoms with van der Waals surface area (Å²) in [5.41, 5.74) is 0.569. The van der Waals surface area contributed by atoms with Crippen LogP contribution < -0.4 is 10.1 Å². The van der Waals surface area contributed by atoms with Crippen LogP contribution in [0.1, 0.15) is 43.5 Å². The van der Waals surface area contributed by atoms with Crippen molar-refractivity contribution in [2.75, 3.05) is 26.7 Å². The molecule has 1 aromatic carbocycles. The number of aromatic nitrogens is 4. The van der Waals surface area contributed by atoms with Gasteiger partial charge in [0.05, 0.1) is 17.4 Å². The molecule has 9 nitrogen and oxygen atoms in total. The van der Waals surface area contributed by atoms with Crippen molar-refractivity contribution in [1.29, 1.82) is 0 Å². The quantitative estimate of drug-likeness (QED) is 0.291. The molecule has 2 aliphatic rings. The fourth-order valence-corrected chi connectivity index (χ4v) is 5.85. The number of hydrogen-bond acceptors (Lipinski definition) is 8. The SMILES string of the molecule is CN1CCC(NC(=O)OCC#Cc2cc(F)c(OCc3nnc(SC4C=CCCC4)n3-c3cccnc3)cc2F)CC1. The summed E-state index contributed by atoms with van der Waals surface area (Å²) in [6, 6.07) is 5.63. The lowest BCUT2D eigenvalue weighted by atomic mass is 10.1. The summed E-state index contributed by atoms with van der Waals surface area (Å²) in [6.07, 6.45) is 12.0. The largest absolute Gasteiger partial charge is 0.482 e. The molecule has 1 fully saturated rings. The minimum Gasteiger partial charge on any atom is -0.482 e. The van der Waals surface area contributed by atoms with Crippen LogP contribution in [0.3, 0.4) is 0 Å². The second kappa shape index (κ2) is 14.3. The van der Waals surface area contributed by atoms with Crippen molar-refractivity contribution in [3.8, 4) is 23.3 Å². The summed E-state index contributed by atoms with van der Waals surface area (Å²) in [7, 11) is 2.03. The van der Waals surface area contributed by atoms with E-state index in [1.54, 1.807) is 30.2 Å². The molecule has 1 N–H and O–H groups in total. The molecule has 42 heavy (non-hydrogen) atoms. The third kappa shape index (κ3) is 7.86. The lowest BCUT2D eigenvalue weighted by molar-refractivity contribution is 0.147. The standard InChI is InChI=1S/C30H32F2N6O3S/c1-37-14-11-22(12-15-37)34-30(39)40-16-6-7-21-17-26(32)27(18-25(21)31)41-20-28-35-36-29(42-24-9-3-2-4-10-24)38(28)23-8-5-13-33-19-23/h3,5,8-9,13,17-19,22,24H,2,4,10-12,14-16,20H2,1H3,(H,34,39). The van der Waals surface area contributed by atoms with Crippen LogP contribution in [0, 0.1) is 23.5 Å². The van der Waals surface area contributed by atoms with E-state index in [1.165, 1.54) is 0 Å². The predicted octanol–water partition coefficient (Wildman–Crippen LogP) is 4.89. The van der Waals surface area contributed by atoms with Crippen LogP contribution in [-0.2, 0) is 11.3 Å². The first kappa shape index (κ1) is 29.5. The summed E-state index contributed by atoms with van der Waals surface area (Å²) >= 11 is 1.59. The van der Waals surface area contributed by atoms with Crippen LogP contribution in [0.4, 0.5) is 13.6 Å². The highest BCUT2D eigenvalue weighted by Gasteiger charge is 2.21. The molecule has 1 amide bonds. The van der Waals surface area contributed by atoms with Gasteiger partial charge in [-0.25, -0.2) is 13.6 Å². The fraction of sp³-hybridized carbons (Fsp3) is 0.400. The lowest BCUT2D eigenvalue weighted by Gasteiger charge is -2.28. The number of carbonyl (C=O) groups is 1. The molecule has 2 aromatic heterocycles. The third-order valence-electron chi connectivity index (χ3n) is 6.99. The first-order valence-electron chi connectivity index (χ1n) is 13.9. The highest BCUT2D eigenvalue weighted by atomic mass is 32.2. The zero-order valence-electron chi connectivity index (χ0n) is 23.3. The first-order valence-corrected chi connectivity index (χ1v) is 14.7. The molecule has 1 saturated heterocycles. The Hall–Kier alpha value is -3.95. The van der Waals surface area contributed by atoms with Crippen molar-refractivity contribution < 1.29 is 23.0 Å². The van der Waals surface area contributed by atoms with Gasteiger partial charge < -0.3 is 19.7 Å². The maximum atomic E-state index is 14.9. The molecule has 1 atom stereocenters. The Labute approximate surface area is 247 Å². The number of allylic oxidation sites excluding steroid dienone is 1. The molecule has 3 aromatic rings. The van der Waals surface area contributed by atoms with Crippen molar-refractivity contribution in [1.82, 2.24) is 30.0 Å². The van der Waals surface area contributed by atoms with Crippen LogP contribution in [0.15, 0.2) is 54.0 Å². The normalized spacial score (nSPS) is 17.4. The molecule has 0 spiro atoms. The zero-order chi connectivity index (χ0) is 29.3. The summed E-state index contributed by atoms with van der Waals surface area (Å²) in [5.74, 6) is 3.68. The van der Waals surface area contributed by atoms with E-state index < -0.39 is 17.7 Å². The van der Waals surface area contributed by atoms with E-state index in [4.69, 9.17) is 9.47 Å². The highest BCUT2D eigenvalue weighted by Crippen LogP contribution is 2.31. The van der Waals surface area contributed by atoms with Crippen LogP contribution in [-0.4, -0.2) is 68.8 Å². The molecular weight excluding hydrogens is 562 g/mol. The second-order valence-corrected chi connectivity index (χ2v) is 11.3. The molecular formula is C30H32F2N6O3S. The average Bonchev–Trinajstić information content (AvgIpc) is 3.40. The molecule has 220 valence electrons. The lowest BCUT2D eigenvalue weighted by Crippen LogP contribution is -2.43. The number of hydrogen-bond donors (Lipinski definition) is 1. The Morgan fingerprint density at radius 3 is 2.81 bits per heavy atom. The van der Waals surface area contributed by atoms with Crippen LogP contribution >= 0.6 is 11.8 Å². The molecule has 0 saturated carbocycles. The molecule has 12 heteroatoms. The van der Waals surface area contributed by atoms with Crippen LogP contribution in [0.5, 0.6) is 5.75 Å². The van der Waals surface area contributed by atoms with Gasteiger partial charge in [-0.15, -0.1) is 10.2 Å². The number of rotatable bonds is 8. The number of halogens is 2. The van der Waals surface area contributed by atoms with Gasteiger partial charge in [-0.3, -0.25) is 9.55 Å². The van der Waals surface area contributed by atoms with Gasteiger partial charge in [-0.2, -0.15) is 0 Å². The number of benzene rings is 1. The van der Waals surface area contributed by atoms with E-state index in [0.717, 1.165) is 63.0 Å². The van der Waals surface area contributed by atoms with Crippen molar-refractivity contribution in [3.05, 3.63) is 71.8 Å². The highest BCUT2D eigenvalue weighted by molar-refractivity contribution is 7.99. The first-order chi connectivity index (χ1) is 20.5. The van der Waals surface area contributed by atoms with E-state index in [1.807, 2.05) is 17.7 Å². The minimum atomic E-state index is -0.781. The zero-order valence-corrected chi connectivity index (χ0v) is 24.1. The van der Waals surface area contributed by atoms with Gasteiger partial charge in [0, 0.05) is 23.6 Å². The van der Waals surface area contributed by atoms with E-state index in [9.17, 15) is 13.6 Å². The number of nitrogens with one attached hydrogen (secondary N) is 1. The summed E-state index contributed by atoms with van der Waals surface area (Å²) in [6.45, 7) is 1.40. The predicted molar refractivity (Wildman–Crippen MR) is 154 cm³/mol. The molecule has 1 unspecified atom stereocenters. The van der Waals surface area contributed by atoms with Crippen molar-refractivity contribution >= 4 is 17.9 Å². The summed E-state index contributed by atoms with van der Waals surface area (Å²) < 4.78 is 42.2. The van der Waals surface area contributed by atoms with E-state index >= 15 is 0 Å². The topological polar surface area (TPSA) is 94.4 Å². The smallest absolute Gasteiger partial charge is 0.408 e. The van der Waals surface area contributed by atoms with Crippen LogP contribution in [0.2, 0.25) is 0 Å².